The number of anilines is 3. The molecule has 1 fully saturated rings. The zero-order valence-corrected chi connectivity index (χ0v) is 17.5. The Morgan fingerprint density at radius 1 is 1.19 bits per heavy atom. The van der Waals surface area contributed by atoms with Crippen LogP contribution in [0.5, 0.6) is 0 Å². The second-order valence-corrected chi connectivity index (χ2v) is 8.08. The highest BCUT2D eigenvalue weighted by Gasteiger charge is 2.37. The zero-order chi connectivity index (χ0) is 21.7. The molecule has 31 heavy (non-hydrogen) atoms. The molecule has 0 saturated heterocycles. The van der Waals surface area contributed by atoms with Gasteiger partial charge in [0.2, 0.25) is 5.95 Å². The van der Waals surface area contributed by atoms with Crippen LogP contribution in [-0.4, -0.2) is 29.7 Å². The van der Waals surface area contributed by atoms with Gasteiger partial charge in [0, 0.05) is 6.20 Å². The lowest BCUT2D eigenvalue weighted by Gasteiger charge is -2.23. The van der Waals surface area contributed by atoms with Gasteiger partial charge in [0.15, 0.2) is 5.82 Å². The summed E-state index contributed by atoms with van der Waals surface area (Å²) < 4.78 is 1.50. The number of rotatable bonds is 5. The van der Waals surface area contributed by atoms with Crippen molar-refractivity contribution in [2.24, 2.45) is 5.92 Å². The minimum atomic E-state index is -0.391. The SMILES string of the molecule is Nc1nc(N)c(Cl)c(NC(c2nc3cccc(Cl)c3c(=O)n2-c2cn[nH]c2)C2CC2)n1. The Labute approximate surface area is 185 Å². The Balaban J connectivity index is 1.74. The van der Waals surface area contributed by atoms with E-state index >= 15 is 0 Å². The molecule has 4 aromatic rings. The van der Waals surface area contributed by atoms with Crippen molar-refractivity contribution in [2.75, 3.05) is 16.8 Å². The first-order valence-corrected chi connectivity index (χ1v) is 10.2. The molecule has 1 atom stereocenters. The molecule has 0 aliphatic heterocycles. The molecular weight excluding hydrogens is 441 g/mol. The Hall–Kier alpha value is -3.37. The number of hydrogen-bond donors (Lipinski definition) is 4. The summed E-state index contributed by atoms with van der Waals surface area (Å²) in [6, 6.07) is 4.78. The molecule has 3 heterocycles. The maximum absolute atomic E-state index is 13.5. The van der Waals surface area contributed by atoms with Crippen LogP contribution >= 0.6 is 23.2 Å². The number of nitrogens with one attached hydrogen (secondary N) is 2. The fourth-order valence-electron chi connectivity index (χ4n) is 3.58. The summed E-state index contributed by atoms with van der Waals surface area (Å²) in [6.07, 6.45) is 5.06. The summed E-state index contributed by atoms with van der Waals surface area (Å²) in [5, 5.41) is 10.8. The van der Waals surface area contributed by atoms with Crippen molar-refractivity contribution >= 4 is 51.7 Å². The third-order valence-corrected chi connectivity index (χ3v) is 5.86. The summed E-state index contributed by atoms with van der Waals surface area (Å²) in [6.45, 7) is 0. The van der Waals surface area contributed by atoms with Gasteiger partial charge in [0.1, 0.15) is 16.7 Å². The molecule has 10 nitrogen and oxygen atoms in total. The van der Waals surface area contributed by atoms with Gasteiger partial charge < -0.3 is 16.8 Å². The normalized spacial score (nSPS) is 14.6. The first-order chi connectivity index (χ1) is 14.9. The molecule has 3 aromatic heterocycles. The molecule has 1 aliphatic carbocycles. The number of benzene rings is 1. The Kier molecular flexibility index (Phi) is 4.67. The van der Waals surface area contributed by atoms with Gasteiger partial charge in [-0.1, -0.05) is 29.3 Å². The minimum absolute atomic E-state index is 0.00979. The van der Waals surface area contributed by atoms with E-state index in [2.05, 4.69) is 25.5 Å². The molecular formula is C19H17Cl2N9O. The molecule has 1 aliphatic rings. The summed E-state index contributed by atoms with van der Waals surface area (Å²) in [4.78, 5) is 26.4. The molecule has 0 bridgehead atoms. The maximum atomic E-state index is 13.5. The number of aromatic nitrogens is 6. The van der Waals surface area contributed by atoms with Crippen LogP contribution in [0.25, 0.3) is 16.6 Å². The zero-order valence-electron chi connectivity index (χ0n) is 16.0. The minimum Gasteiger partial charge on any atom is -0.382 e. The first kappa shape index (κ1) is 19.6. The van der Waals surface area contributed by atoms with E-state index in [4.69, 9.17) is 39.7 Å². The number of hydrogen-bond acceptors (Lipinski definition) is 8. The van der Waals surface area contributed by atoms with Gasteiger partial charge in [-0.2, -0.15) is 15.1 Å². The van der Waals surface area contributed by atoms with Crippen molar-refractivity contribution in [1.29, 1.82) is 0 Å². The Bertz CT molecular complexity index is 1350. The molecule has 1 aromatic carbocycles. The van der Waals surface area contributed by atoms with Gasteiger partial charge in [-0.15, -0.1) is 0 Å². The smallest absolute Gasteiger partial charge is 0.267 e. The first-order valence-electron chi connectivity index (χ1n) is 9.49. The van der Waals surface area contributed by atoms with Gasteiger partial charge in [0.05, 0.1) is 33.9 Å². The van der Waals surface area contributed by atoms with Gasteiger partial charge in [0.25, 0.3) is 5.56 Å². The Morgan fingerprint density at radius 3 is 2.71 bits per heavy atom. The molecule has 6 N–H and O–H groups in total. The van der Waals surface area contributed by atoms with Crippen molar-refractivity contribution in [1.82, 2.24) is 29.7 Å². The van der Waals surface area contributed by atoms with Crippen molar-refractivity contribution in [2.45, 2.75) is 18.9 Å². The summed E-state index contributed by atoms with van der Waals surface area (Å²) in [5.41, 5.74) is 12.3. The lowest BCUT2D eigenvalue weighted by molar-refractivity contribution is 0.609. The average Bonchev–Trinajstić information content (AvgIpc) is 3.43. The maximum Gasteiger partial charge on any atom is 0.267 e. The van der Waals surface area contributed by atoms with Crippen LogP contribution in [0, 0.1) is 5.92 Å². The fraction of sp³-hybridized carbons (Fsp3) is 0.211. The van der Waals surface area contributed by atoms with Crippen LogP contribution in [0.2, 0.25) is 10.0 Å². The lowest BCUT2D eigenvalue weighted by Crippen LogP contribution is -2.29. The van der Waals surface area contributed by atoms with Crippen LogP contribution in [0.3, 0.4) is 0 Å². The van der Waals surface area contributed by atoms with E-state index < -0.39 is 6.04 Å². The number of H-pyrrole nitrogens is 1. The predicted molar refractivity (Wildman–Crippen MR) is 119 cm³/mol. The van der Waals surface area contributed by atoms with Crippen LogP contribution in [0.4, 0.5) is 17.6 Å². The highest BCUT2D eigenvalue weighted by molar-refractivity contribution is 6.35. The van der Waals surface area contributed by atoms with Crippen LogP contribution in [0.15, 0.2) is 35.4 Å². The number of nitrogens with zero attached hydrogens (tertiary/aromatic N) is 5. The topological polar surface area (TPSA) is 153 Å². The summed E-state index contributed by atoms with van der Waals surface area (Å²) in [5.74, 6) is 1.02. The van der Waals surface area contributed by atoms with E-state index in [0.29, 0.717) is 27.4 Å². The highest BCUT2D eigenvalue weighted by Crippen LogP contribution is 2.43. The molecule has 1 unspecified atom stereocenters. The van der Waals surface area contributed by atoms with Crippen molar-refractivity contribution in [3.05, 3.63) is 56.8 Å². The number of nitrogens with two attached hydrogens (primary N) is 2. The van der Waals surface area contributed by atoms with Gasteiger partial charge in [-0.05, 0) is 30.9 Å². The average molecular weight is 458 g/mol. The van der Waals surface area contributed by atoms with Crippen LogP contribution < -0.4 is 22.3 Å². The number of halogens is 2. The van der Waals surface area contributed by atoms with E-state index in [9.17, 15) is 4.79 Å². The molecule has 12 heteroatoms. The number of aromatic amines is 1. The third kappa shape index (κ3) is 3.43. The second kappa shape index (κ2) is 7.40. The van der Waals surface area contributed by atoms with Crippen LogP contribution in [-0.2, 0) is 0 Å². The largest absolute Gasteiger partial charge is 0.382 e. The highest BCUT2D eigenvalue weighted by atomic mass is 35.5. The van der Waals surface area contributed by atoms with E-state index in [1.165, 1.54) is 4.57 Å². The quantitative estimate of drug-likeness (QED) is 0.356. The standard InChI is InChI=1S/C19H17Cl2N9O/c20-10-2-1-3-11-12(10)18(31)30(9-6-24-25-7-9)17(26-11)14(8-4-5-8)27-16-13(21)15(22)28-19(23)29-16/h1-3,6-8,14H,4-5H2,(H,24,25)(H5,22,23,27,28,29). The van der Waals surface area contributed by atoms with Crippen molar-refractivity contribution in [3.8, 4) is 5.69 Å². The molecule has 5 rings (SSSR count). The lowest BCUT2D eigenvalue weighted by atomic mass is 10.1. The monoisotopic (exact) mass is 457 g/mol. The molecule has 0 radical (unpaired) electrons. The molecule has 1 saturated carbocycles. The second-order valence-electron chi connectivity index (χ2n) is 7.29. The van der Waals surface area contributed by atoms with Gasteiger partial charge in [-0.3, -0.25) is 14.5 Å². The van der Waals surface area contributed by atoms with Gasteiger partial charge in [-0.25, -0.2) is 4.98 Å². The third-order valence-electron chi connectivity index (χ3n) is 5.17. The molecule has 0 amide bonds. The van der Waals surface area contributed by atoms with E-state index in [0.717, 1.165) is 12.8 Å². The molecule has 158 valence electrons. The van der Waals surface area contributed by atoms with E-state index in [1.54, 1.807) is 30.6 Å². The fourth-order valence-corrected chi connectivity index (χ4v) is 3.97. The number of fused-ring (bicyclic) bond motifs is 1. The predicted octanol–water partition coefficient (Wildman–Crippen LogP) is 2.93. The van der Waals surface area contributed by atoms with Crippen LogP contribution in [0.1, 0.15) is 24.7 Å². The summed E-state index contributed by atoms with van der Waals surface area (Å²) >= 11 is 12.7. The van der Waals surface area contributed by atoms with E-state index in [-0.39, 0.29) is 34.1 Å². The number of nitrogen functional groups attached to an aromatic ring is 2. The molecule has 0 spiro atoms. The Morgan fingerprint density at radius 2 is 2.00 bits per heavy atom. The summed E-state index contributed by atoms with van der Waals surface area (Å²) in [7, 11) is 0. The van der Waals surface area contributed by atoms with Gasteiger partial charge >= 0.3 is 0 Å². The van der Waals surface area contributed by atoms with E-state index in [1.807, 2.05) is 0 Å². The van der Waals surface area contributed by atoms with Crippen molar-refractivity contribution < 1.29 is 0 Å². The van der Waals surface area contributed by atoms with Crippen molar-refractivity contribution in [3.63, 3.8) is 0 Å².